The second-order valence-electron chi connectivity index (χ2n) is 15.8. The number of anilines is 2. The lowest BCUT2D eigenvalue weighted by atomic mass is 10.0. The molecule has 0 saturated carbocycles. The van der Waals surface area contributed by atoms with Crippen LogP contribution < -0.4 is 21.1 Å². The molecule has 0 bridgehead atoms. The number of hydrogen-bond donors (Lipinski definition) is 3. The summed E-state index contributed by atoms with van der Waals surface area (Å²) in [4.78, 5) is 63.7. The lowest BCUT2D eigenvalue weighted by Gasteiger charge is -2.27. The van der Waals surface area contributed by atoms with Crippen molar-refractivity contribution in [1.82, 2.24) is 10.2 Å². The van der Waals surface area contributed by atoms with Gasteiger partial charge in [-0.25, -0.2) is 0 Å². The summed E-state index contributed by atoms with van der Waals surface area (Å²) in [5.41, 5.74) is 6.81. The summed E-state index contributed by atoms with van der Waals surface area (Å²) < 4.78 is 71.7. The number of benzene rings is 2. The largest absolute Gasteiger partial charge is 0.489 e. The van der Waals surface area contributed by atoms with Gasteiger partial charge in [-0.2, -0.15) is 0 Å². The first-order valence-corrected chi connectivity index (χ1v) is 24.4. The van der Waals surface area contributed by atoms with Crippen LogP contribution in [0.5, 0.6) is 5.75 Å². The number of carbonyl (C=O) groups is 5. The molecule has 0 radical (unpaired) electrons. The van der Waals surface area contributed by atoms with Crippen molar-refractivity contribution in [3.05, 3.63) is 53.6 Å². The summed E-state index contributed by atoms with van der Waals surface area (Å²) in [6.07, 6.45) is 2.42. The first-order chi connectivity index (χ1) is 34.9. The van der Waals surface area contributed by atoms with Gasteiger partial charge in [-0.05, 0) is 43.5 Å². The van der Waals surface area contributed by atoms with E-state index in [1.54, 1.807) is 18.2 Å². The van der Waals surface area contributed by atoms with Gasteiger partial charge >= 0.3 is 0 Å². The van der Waals surface area contributed by atoms with Crippen molar-refractivity contribution < 1.29 is 85.6 Å². The molecule has 5 amide bonds. The molecule has 1 atom stereocenters. The van der Waals surface area contributed by atoms with Crippen LogP contribution in [0, 0.1) is 0 Å². The van der Waals surface area contributed by atoms with Crippen molar-refractivity contribution >= 4 is 40.9 Å². The van der Waals surface area contributed by atoms with Gasteiger partial charge in [0, 0.05) is 19.4 Å². The Kier molecular flexibility index (Phi) is 31.5. The van der Waals surface area contributed by atoms with E-state index in [1.807, 2.05) is 18.2 Å². The van der Waals surface area contributed by atoms with E-state index in [4.69, 9.17) is 67.3 Å². The summed E-state index contributed by atoms with van der Waals surface area (Å²) >= 11 is 0. The number of nitrogens with zero attached hydrogens (tertiary/aromatic N) is 1. The molecule has 2 aliphatic heterocycles. The number of piperidine rings is 1. The first-order valence-electron chi connectivity index (χ1n) is 24.4. The Balaban J connectivity index is 0.781. The zero-order valence-electron chi connectivity index (χ0n) is 40.9. The predicted molar refractivity (Wildman–Crippen MR) is 256 cm³/mol. The van der Waals surface area contributed by atoms with E-state index < -0.39 is 29.7 Å². The van der Waals surface area contributed by atoms with Gasteiger partial charge in [0.2, 0.25) is 17.7 Å². The minimum absolute atomic E-state index is 0.0247. The zero-order valence-corrected chi connectivity index (χ0v) is 40.9. The fourth-order valence-electron chi connectivity index (χ4n) is 6.84. The normalized spacial score (nSPS) is 14.6. The predicted octanol–water partition coefficient (Wildman–Crippen LogP) is 2.45. The number of imide groups is 2. The highest BCUT2D eigenvalue weighted by Gasteiger charge is 2.45. The fourth-order valence-corrected chi connectivity index (χ4v) is 6.84. The lowest BCUT2D eigenvalue weighted by Crippen LogP contribution is -2.54. The fraction of sp³-hybridized carbons (Fsp3) is 0.653. The van der Waals surface area contributed by atoms with Gasteiger partial charge in [0.05, 0.1) is 174 Å². The van der Waals surface area contributed by atoms with Crippen LogP contribution in [0.25, 0.3) is 0 Å². The van der Waals surface area contributed by atoms with E-state index in [9.17, 15) is 24.0 Å². The summed E-state index contributed by atoms with van der Waals surface area (Å²) in [5, 5.41) is 4.91. The highest BCUT2D eigenvalue weighted by Crippen LogP contribution is 2.32. The summed E-state index contributed by atoms with van der Waals surface area (Å²) in [7, 11) is 0. The van der Waals surface area contributed by atoms with Gasteiger partial charge in [0.15, 0.2) is 0 Å². The number of nitrogens with two attached hydrogens (primary N) is 1. The molecular weight excluding hydrogens is 933 g/mol. The number of carbonyl (C=O) groups excluding carboxylic acids is 5. The smallest absolute Gasteiger partial charge is 0.264 e. The molecule has 71 heavy (non-hydrogen) atoms. The molecule has 4 rings (SSSR count). The SMILES string of the molecule is Nc1ccccc1OCCOCCOCCOCCOCCOCCOCCOCCOCCOCCOCCOCCOCCCCCC(=O)Nc1cccc2c1C(=O)N(C1CCC(=O)NC1=O)C2=O. The van der Waals surface area contributed by atoms with Gasteiger partial charge in [-0.15, -0.1) is 0 Å². The van der Waals surface area contributed by atoms with Crippen LogP contribution in [0.3, 0.4) is 0 Å². The Morgan fingerprint density at radius 3 is 1.41 bits per heavy atom. The van der Waals surface area contributed by atoms with Gasteiger partial charge < -0.3 is 72.6 Å². The molecule has 2 aliphatic rings. The number of rotatable bonds is 45. The van der Waals surface area contributed by atoms with Crippen LogP contribution >= 0.6 is 0 Å². The number of hydrogen-bond acceptors (Lipinski definition) is 19. The maximum atomic E-state index is 13.2. The molecule has 1 unspecified atom stereocenters. The average Bonchev–Trinajstić information content (AvgIpc) is 3.62. The Morgan fingerprint density at radius 1 is 0.521 bits per heavy atom. The molecule has 22 nitrogen and oxygen atoms in total. The maximum Gasteiger partial charge on any atom is 0.264 e. The molecule has 0 aromatic heterocycles. The average molecular weight is 1010 g/mol. The minimum Gasteiger partial charge on any atom is -0.489 e. The quantitative estimate of drug-likeness (QED) is 0.0489. The lowest BCUT2D eigenvalue weighted by molar-refractivity contribution is -0.136. The van der Waals surface area contributed by atoms with E-state index in [0.717, 1.165) is 17.7 Å². The second kappa shape index (κ2) is 38.0. The number of ether oxygens (including phenoxy) is 13. The Bertz CT molecular complexity index is 1820. The number of fused-ring (bicyclic) bond motifs is 1. The number of para-hydroxylation sites is 2. The molecule has 1 saturated heterocycles. The van der Waals surface area contributed by atoms with Crippen LogP contribution in [-0.2, 0) is 71.2 Å². The van der Waals surface area contributed by atoms with Crippen LogP contribution in [-0.4, -0.2) is 206 Å². The summed E-state index contributed by atoms with van der Waals surface area (Å²) in [5.74, 6) is -2.07. The molecule has 0 spiro atoms. The van der Waals surface area contributed by atoms with Gasteiger partial charge in [-0.1, -0.05) is 24.6 Å². The summed E-state index contributed by atoms with van der Waals surface area (Å²) in [6, 6.07) is 10.9. The van der Waals surface area contributed by atoms with Crippen LogP contribution in [0.2, 0.25) is 0 Å². The van der Waals surface area contributed by atoms with E-state index in [-0.39, 0.29) is 42.0 Å². The highest BCUT2D eigenvalue weighted by atomic mass is 16.6. The molecule has 2 aromatic carbocycles. The van der Waals surface area contributed by atoms with Crippen molar-refractivity contribution in [2.45, 2.75) is 44.6 Å². The molecule has 0 aliphatic carbocycles. The third kappa shape index (κ3) is 25.0. The summed E-state index contributed by atoms with van der Waals surface area (Å²) in [6.45, 7) is 11.7. The van der Waals surface area contributed by atoms with Crippen molar-refractivity contribution in [3.8, 4) is 5.75 Å². The molecule has 398 valence electrons. The van der Waals surface area contributed by atoms with Crippen LogP contribution in [0.15, 0.2) is 42.5 Å². The second-order valence-corrected chi connectivity index (χ2v) is 15.8. The number of nitrogen functional groups attached to an aromatic ring is 1. The highest BCUT2D eigenvalue weighted by molar-refractivity contribution is 6.26. The van der Waals surface area contributed by atoms with E-state index in [0.29, 0.717) is 183 Å². The third-order valence-corrected chi connectivity index (χ3v) is 10.4. The van der Waals surface area contributed by atoms with E-state index in [1.165, 1.54) is 6.07 Å². The Morgan fingerprint density at radius 2 is 0.958 bits per heavy atom. The molecular formula is C49H74N4O18. The maximum absolute atomic E-state index is 13.2. The van der Waals surface area contributed by atoms with Crippen molar-refractivity contribution in [3.63, 3.8) is 0 Å². The standard InChI is InChI=1S/C49H74N4O18/c50-40-8-3-4-10-43(40)71-38-37-70-36-35-69-34-33-68-32-31-67-30-29-66-28-27-65-26-25-64-24-23-63-22-21-62-20-19-61-18-17-60-16-15-59-14-5-1-2-11-44(54)51-41-9-6-7-39-46(41)49(58)53(48(39)57)42-12-13-45(55)52-47(42)56/h3-4,6-10,42H,1-2,5,11-38,50H2,(H,51,54)(H,52,55,56). The van der Waals surface area contributed by atoms with Crippen LogP contribution in [0.4, 0.5) is 11.4 Å². The number of nitrogens with one attached hydrogen (secondary N) is 2. The molecule has 2 aromatic rings. The van der Waals surface area contributed by atoms with Gasteiger partial charge in [0.1, 0.15) is 18.4 Å². The molecule has 4 N–H and O–H groups in total. The Hall–Kier alpha value is -4.69. The molecule has 2 heterocycles. The molecule has 22 heteroatoms. The van der Waals surface area contributed by atoms with Crippen LogP contribution in [0.1, 0.15) is 59.2 Å². The number of unbranched alkanes of at least 4 members (excludes halogenated alkanes) is 2. The van der Waals surface area contributed by atoms with E-state index in [2.05, 4.69) is 10.6 Å². The minimum atomic E-state index is -1.08. The van der Waals surface area contributed by atoms with E-state index >= 15 is 0 Å². The molecule has 1 fully saturated rings. The topological polar surface area (TPSA) is 259 Å². The van der Waals surface area contributed by atoms with Gasteiger partial charge in [0.25, 0.3) is 11.8 Å². The zero-order chi connectivity index (χ0) is 50.4. The third-order valence-electron chi connectivity index (χ3n) is 10.4. The van der Waals surface area contributed by atoms with Crippen molar-refractivity contribution in [2.24, 2.45) is 0 Å². The first kappa shape index (κ1) is 58.9. The number of amides is 5. The van der Waals surface area contributed by atoms with Crippen molar-refractivity contribution in [2.75, 3.05) is 176 Å². The monoisotopic (exact) mass is 1010 g/mol. The Labute approximate surface area is 415 Å². The van der Waals surface area contributed by atoms with Gasteiger partial charge in [-0.3, -0.25) is 34.2 Å². The van der Waals surface area contributed by atoms with Crippen molar-refractivity contribution in [1.29, 1.82) is 0 Å².